The van der Waals surface area contributed by atoms with E-state index in [1.807, 2.05) is 90.4 Å². The molecular weight excluding hydrogens is 460 g/mol. The topological polar surface area (TPSA) is 49.9 Å². The van der Waals surface area contributed by atoms with E-state index in [0.29, 0.717) is 43.0 Å². The number of fused-ring (bicyclic) bond motifs is 1. The van der Waals surface area contributed by atoms with Gasteiger partial charge in [-0.1, -0.05) is 73.0 Å². The van der Waals surface area contributed by atoms with Crippen LogP contribution in [-0.4, -0.2) is 53.9 Å². The molecule has 0 unspecified atom stereocenters. The minimum atomic E-state index is -0.176. The normalized spacial score (nSPS) is 17.5. The Balaban J connectivity index is 1.68. The number of amides is 2. The van der Waals surface area contributed by atoms with Crippen LogP contribution in [0.5, 0.6) is 5.75 Å². The summed E-state index contributed by atoms with van der Waals surface area (Å²) in [5, 5.41) is 0. The zero-order valence-corrected chi connectivity index (χ0v) is 22.1. The summed E-state index contributed by atoms with van der Waals surface area (Å²) in [6.07, 6.45) is 4.58. The number of nitrogens with zero attached hydrogens (tertiary/aromatic N) is 2. The van der Waals surface area contributed by atoms with Crippen LogP contribution in [0.15, 0.2) is 78.9 Å². The van der Waals surface area contributed by atoms with Crippen LogP contribution in [0.4, 0.5) is 0 Å². The van der Waals surface area contributed by atoms with Crippen LogP contribution in [0.1, 0.15) is 64.4 Å². The first-order valence-electron chi connectivity index (χ1n) is 13.5. The number of carbonyl (C=O) groups excluding carboxylic acids is 2. The van der Waals surface area contributed by atoms with Crippen LogP contribution in [0.25, 0.3) is 0 Å². The van der Waals surface area contributed by atoms with E-state index in [9.17, 15) is 9.59 Å². The van der Waals surface area contributed by atoms with Gasteiger partial charge in [0.2, 0.25) is 0 Å². The second-order valence-corrected chi connectivity index (χ2v) is 9.81. The van der Waals surface area contributed by atoms with Crippen molar-refractivity contribution < 1.29 is 14.3 Å². The van der Waals surface area contributed by atoms with Gasteiger partial charge in [-0.05, 0) is 62.9 Å². The summed E-state index contributed by atoms with van der Waals surface area (Å²) in [7, 11) is 0. The molecule has 1 heterocycles. The molecule has 0 saturated carbocycles. The van der Waals surface area contributed by atoms with Crippen LogP contribution in [0.3, 0.4) is 0 Å². The lowest BCUT2D eigenvalue weighted by Crippen LogP contribution is -2.45. The first-order valence-corrected chi connectivity index (χ1v) is 13.5. The summed E-state index contributed by atoms with van der Waals surface area (Å²) in [4.78, 5) is 31.1. The van der Waals surface area contributed by atoms with E-state index in [1.54, 1.807) is 0 Å². The van der Waals surface area contributed by atoms with Gasteiger partial charge in [-0.25, -0.2) is 0 Å². The van der Waals surface area contributed by atoms with Crippen molar-refractivity contribution in [1.29, 1.82) is 0 Å². The van der Waals surface area contributed by atoms with E-state index >= 15 is 0 Å². The molecule has 0 fully saturated rings. The fourth-order valence-electron chi connectivity index (χ4n) is 4.92. The molecule has 5 nitrogen and oxygen atoms in total. The zero-order chi connectivity index (χ0) is 26.0. The maximum Gasteiger partial charge on any atom is 0.257 e. The van der Waals surface area contributed by atoms with Gasteiger partial charge in [-0.3, -0.25) is 9.59 Å². The molecule has 0 radical (unpaired) electrons. The number of hydrogen-bond acceptors (Lipinski definition) is 3. The maximum atomic E-state index is 13.8. The predicted molar refractivity (Wildman–Crippen MR) is 148 cm³/mol. The van der Waals surface area contributed by atoms with E-state index in [2.05, 4.69) is 12.1 Å². The number of rotatable bonds is 4. The molecule has 0 N–H and O–H groups in total. The van der Waals surface area contributed by atoms with Crippen LogP contribution in [0, 0.1) is 6.92 Å². The molecule has 0 aliphatic carbocycles. The lowest BCUT2D eigenvalue weighted by Gasteiger charge is -2.33. The smallest absolute Gasteiger partial charge is 0.257 e. The van der Waals surface area contributed by atoms with E-state index < -0.39 is 0 Å². The summed E-state index contributed by atoms with van der Waals surface area (Å²) >= 11 is 0. The molecule has 3 aromatic rings. The lowest BCUT2D eigenvalue weighted by molar-refractivity contribution is 0.0597. The SMILES string of the molecule is CCN1CCCCCCN(C(=O)c2ccc(C)cc2)[C@H](Cc2ccccc2)COc2ccccc2C1=O. The highest BCUT2D eigenvalue weighted by Crippen LogP contribution is 2.23. The second-order valence-electron chi connectivity index (χ2n) is 9.81. The summed E-state index contributed by atoms with van der Waals surface area (Å²) in [5.74, 6) is 0.601. The van der Waals surface area contributed by atoms with E-state index in [1.165, 1.54) is 0 Å². The number of benzene rings is 3. The monoisotopic (exact) mass is 498 g/mol. The van der Waals surface area contributed by atoms with Gasteiger partial charge in [0.25, 0.3) is 11.8 Å². The van der Waals surface area contributed by atoms with Crippen molar-refractivity contribution in [2.75, 3.05) is 26.2 Å². The molecule has 4 rings (SSSR count). The van der Waals surface area contributed by atoms with Crippen molar-refractivity contribution in [2.24, 2.45) is 0 Å². The third-order valence-electron chi connectivity index (χ3n) is 7.11. The summed E-state index contributed by atoms with van der Waals surface area (Å²) in [6, 6.07) is 25.3. The predicted octanol–water partition coefficient (Wildman–Crippen LogP) is 6.16. The summed E-state index contributed by atoms with van der Waals surface area (Å²) in [5.41, 5.74) is 3.56. The summed E-state index contributed by atoms with van der Waals surface area (Å²) in [6.45, 7) is 6.43. The van der Waals surface area contributed by atoms with Crippen molar-refractivity contribution in [2.45, 2.75) is 52.0 Å². The van der Waals surface area contributed by atoms with Gasteiger partial charge in [0.05, 0.1) is 11.6 Å². The highest BCUT2D eigenvalue weighted by atomic mass is 16.5. The van der Waals surface area contributed by atoms with Crippen LogP contribution in [0.2, 0.25) is 0 Å². The van der Waals surface area contributed by atoms with Gasteiger partial charge >= 0.3 is 0 Å². The van der Waals surface area contributed by atoms with E-state index in [0.717, 1.165) is 43.4 Å². The minimum absolute atomic E-state index is 0.00218. The average Bonchev–Trinajstić information content (AvgIpc) is 2.93. The van der Waals surface area contributed by atoms with Crippen LogP contribution < -0.4 is 4.74 Å². The van der Waals surface area contributed by atoms with E-state index in [4.69, 9.17) is 4.74 Å². The van der Waals surface area contributed by atoms with E-state index in [-0.39, 0.29) is 17.9 Å². The molecule has 2 amide bonds. The molecule has 1 aliphatic heterocycles. The zero-order valence-electron chi connectivity index (χ0n) is 22.1. The van der Waals surface area contributed by atoms with Gasteiger partial charge in [-0.2, -0.15) is 0 Å². The fraction of sp³-hybridized carbons (Fsp3) is 0.375. The van der Waals surface area contributed by atoms with Crippen LogP contribution >= 0.6 is 0 Å². The Morgan fingerprint density at radius 2 is 1.54 bits per heavy atom. The Morgan fingerprint density at radius 3 is 2.27 bits per heavy atom. The third kappa shape index (κ3) is 7.00. The third-order valence-corrected chi connectivity index (χ3v) is 7.11. The standard InChI is InChI=1S/C32H38N2O3/c1-3-33-21-11-4-5-12-22-34(31(35)27-19-17-25(2)18-20-27)28(23-26-13-7-6-8-14-26)24-37-30-16-10-9-15-29(30)32(33)36/h6-10,13-20,28H,3-5,11-12,21-24H2,1-2H3/t28-/m1/s1. The molecule has 194 valence electrons. The number of hydrogen-bond donors (Lipinski definition) is 0. The highest BCUT2D eigenvalue weighted by Gasteiger charge is 2.27. The molecule has 0 bridgehead atoms. The molecule has 37 heavy (non-hydrogen) atoms. The molecule has 1 aliphatic rings. The Morgan fingerprint density at radius 1 is 0.865 bits per heavy atom. The number of aryl methyl sites for hydroxylation is 1. The second kappa shape index (κ2) is 13.1. The average molecular weight is 499 g/mol. The van der Waals surface area contributed by atoms with Crippen molar-refractivity contribution >= 4 is 11.8 Å². The minimum Gasteiger partial charge on any atom is -0.491 e. The number of carbonyl (C=O) groups is 2. The Labute approximate surface area is 221 Å². The Hall–Kier alpha value is -3.60. The molecule has 3 aromatic carbocycles. The fourth-order valence-corrected chi connectivity index (χ4v) is 4.92. The van der Waals surface area contributed by atoms with Gasteiger partial charge < -0.3 is 14.5 Å². The molecule has 0 saturated heterocycles. The Kier molecular flexibility index (Phi) is 9.36. The van der Waals surface area contributed by atoms with Crippen LogP contribution in [-0.2, 0) is 6.42 Å². The Bertz CT molecular complexity index is 1160. The highest BCUT2D eigenvalue weighted by molar-refractivity contribution is 5.97. The molecular formula is C32H38N2O3. The first-order chi connectivity index (χ1) is 18.1. The molecule has 1 atom stereocenters. The lowest BCUT2D eigenvalue weighted by atomic mass is 10.0. The van der Waals surface area contributed by atoms with Gasteiger partial charge in [0.15, 0.2) is 0 Å². The van der Waals surface area contributed by atoms with Gasteiger partial charge in [0, 0.05) is 25.2 Å². The quantitative estimate of drug-likeness (QED) is 0.433. The van der Waals surface area contributed by atoms with Crippen molar-refractivity contribution in [1.82, 2.24) is 9.80 Å². The summed E-state index contributed by atoms with van der Waals surface area (Å²) < 4.78 is 6.37. The van der Waals surface area contributed by atoms with Gasteiger partial charge in [0.1, 0.15) is 12.4 Å². The van der Waals surface area contributed by atoms with Crippen molar-refractivity contribution in [3.8, 4) is 5.75 Å². The number of ether oxygens (including phenoxy) is 1. The molecule has 0 aromatic heterocycles. The molecule has 0 spiro atoms. The first kappa shape index (κ1) is 26.5. The maximum absolute atomic E-state index is 13.8. The van der Waals surface area contributed by atoms with Crippen molar-refractivity contribution in [3.05, 3.63) is 101 Å². The largest absolute Gasteiger partial charge is 0.491 e. The molecule has 5 heteroatoms. The van der Waals surface area contributed by atoms with Gasteiger partial charge in [-0.15, -0.1) is 0 Å². The van der Waals surface area contributed by atoms with Crippen molar-refractivity contribution in [3.63, 3.8) is 0 Å². The number of para-hydroxylation sites is 1.